The maximum Gasteiger partial charge on any atom is 0.123 e. The smallest absolute Gasteiger partial charge is 0.123 e. The molecule has 0 unspecified atom stereocenters. The van der Waals surface area contributed by atoms with Crippen LogP contribution in [0.3, 0.4) is 0 Å². The summed E-state index contributed by atoms with van der Waals surface area (Å²) in [4.78, 5) is 0. The van der Waals surface area contributed by atoms with Crippen molar-refractivity contribution in [1.82, 2.24) is 5.32 Å². The SMILES string of the molecule is Fc1ccc(CNC2CC(Cl)C2)cc1. The molecule has 0 heterocycles. The topological polar surface area (TPSA) is 12.0 Å². The first-order valence-electron chi connectivity index (χ1n) is 4.86. The van der Waals surface area contributed by atoms with Gasteiger partial charge in [-0.25, -0.2) is 4.39 Å². The second-order valence-corrected chi connectivity index (χ2v) is 4.39. The number of alkyl halides is 1. The highest BCUT2D eigenvalue weighted by Crippen LogP contribution is 2.25. The third kappa shape index (κ3) is 2.46. The second kappa shape index (κ2) is 4.28. The Bertz CT molecular complexity index is 293. The van der Waals surface area contributed by atoms with E-state index in [9.17, 15) is 4.39 Å². The Kier molecular flexibility index (Phi) is 3.04. The Morgan fingerprint density at radius 1 is 1.29 bits per heavy atom. The zero-order valence-corrected chi connectivity index (χ0v) is 8.60. The van der Waals surface area contributed by atoms with Crippen LogP contribution in [0.1, 0.15) is 18.4 Å². The lowest BCUT2D eigenvalue weighted by atomic mass is 9.92. The number of benzene rings is 1. The maximum absolute atomic E-state index is 12.6. The van der Waals surface area contributed by atoms with E-state index in [2.05, 4.69) is 5.32 Å². The van der Waals surface area contributed by atoms with Crippen molar-refractivity contribution < 1.29 is 4.39 Å². The molecule has 0 spiro atoms. The summed E-state index contributed by atoms with van der Waals surface area (Å²) in [5.41, 5.74) is 1.12. The summed E-state index contributed by atoms with van der Waals surface area (Å²) in [5.74, 6) is -0.182. The Morgan fingerprint density at radius 2 is 1.93 bits per heavy atom. The van der Waals surface area contributed by atoms with Gasteiger partial charge < -0.3 is 5.32 Å². The van der Waals surface area contributed by atoms with Crippen LogP contribution in [0.25, 0.3) is 0 Å². The first kappa shape index (κ1) is 9.94. The molecule has 3 heteroatoms. The molecular formula is C11H13ClFN. The molecule has 0 bridgehead atoms. The van der Waals surface area contributed by atoms with E-state index in [-0.39, 0.29) is 5.82 Å². The fourth-order valence-corrected chi connectivity index (χ4v) is 2.01. The van der Waals surface area contributed by atoms with Crippen LogP contribution >= 0.6 is 11.6 Å². The monoisotopic (exact) mass is 213 g/mol. The normalized spacial score (nSPS) is 25.9. The lowest BCUT2D eigenvalue weighted by Crippen LogP contribution is -2.41. The highest BCUT2D eigenvalue weighted by molar-refractivity contribution is 6.21. The van der Waals surface area contributed by atoms with Crippen LogP contribution in [0.5, 0.6) is 0 Å². The van der Waals surface area contributed by atoms with Crippen LogP contribution < -0.4 is 5.32 Å². The van der Waals surface area contributed by atoms with E-state index in [0.29, 0.717) is 11.4 Å². The summed E-state index contributed by atoms with van der Waals surface area (Å²) in [6, 6.07) is 7.13. The number of rotatable bonds is 3. The van der Waals surface area contributed by atoms with Crippen LogP contribution in [0, 0.1) is 5.82 Å². The minimum absolute atomic E-state index is 0.182. The van der Waals surface area contributed by atoms with Gasteiger partial charge in [0.1, 0.15) is 5.82 Å². The van der Waals surface area contributed by atoms with Gasteiger partial charge in [-0.15, -0.1) is 11.6 Å². The Balaban J connectivity index is 1.78. The molecule has 1 saturated carbocycles. The van der Waals surface area contributed by atoms with Gasteiger partial charge in [-0.1, -0.05) is 12.1 Å². The van der Waals surface area contributed by atoms with Crippen molar-refractivity contribution in [3.63, 3.8) is 0 Å². The van der Waals surface area contributed by atoms with Crippen molar-refractivity contribution in [1.29, 1.82) is 0 Å². The van der Waals surface area contributed by atoms with Crippen molar-refractivity contribution in [2.75, 3.05) is 0 Å². The molecule has 0 radical (unpaired) electrons. The highest BCUT2D eigenvalue weighted by Gasteiger charge is 2.26. The molecule has 1 aliphatic rings. The Labute approximate surface area is 88.3 Å². The molecule has 1 aromatic rings. The van der Waals surface area contributed by atoms with Gasteiger partial charge in [0.25, 0.3) is 0 Å². The van der Waals surface area contributed by atoms with E-state index < -0.39 is 0 Å². The van der Waals surface area contributed by atoms with Gasteiger partial charge in [0.05, 0.1) is 0 Å². The van der Waals surface area contributed by atoms with Crippen LogP contribution in [0.2, 0.25) is 0 Å². The van der Waals surface area contributed by atoms with Crippen molar-refractivity contribution in [2.45, 2.75) is 30.8 Å². The average molecular weight is 214 g/mol. The van der Waals surface area contributed by atoms with Crippen molar-refractivity contribution >= 4 is 11.6 Å². The molecule has 0 aromatic heterocycles. The minimum Gasteiger partial charge on any atom is -0.310 e. The summed E-state index contributed by atoms with van der Waals surface area (Å²) in [6.07, 6.45) is 2.09. The van der Waals surface area contributed by atoms with Crippen LogP contribution in [0.4, 0.5) is 4.39 Å². The lowest BCUT2D eigenvalue weighted by molar-refractivity contribution is 0.345. The minimum atomic E-state index is -0.182. The molecule has 1 fully saturated rings. The molecular weight excluding hydrogens is 201 g/mol. The van der Waals surface area contributed by atoms with Crippen LogP contribution in [-0.2, 0) is 6.54 Å². The maximum atomic E-state index is 12.6. The van der Waals surface area contributed by atoms with E-state index >= 15 is 0 Å². The van der Waals surface area contributed by atoms with E-state index in [4.69, 9.17) is 11.6 Å². The van der Waals surface area contributed by atoms with E-state index in [0.717, 1.165) is 24.9 Å². The largest absolute Gasteiger partial charge is 0.310 e. The van der Waals surface area contributed by atoms with Gasteiger partial charge in [0.15, 0.2) is 0 Å². The molecule has 1 nitrogen and oxygen atoms in total. The molecule has 1 aliphatic carbocycles. The first-order valence-corrected chi connectivity index (χ1v) is 5.29. The Hall–Kier alpha value is -0.600. The van der Waals surface area contributed by atoms with E-state index in [1.54, 1.807) is 12.1 Å². The average Bonchev–Trinajstić information content (AvgIpc) is 2.13. The van der Waals surface area contributed by atoms with Crippen LogP contribution in [-0.4, -0.2) is 11.4 Å². The number of halogens is 2. The van der Waals surface area contributed by atoms with Gasteiger partial charge in [-0.3, -0.25) is 0 Å². The molecule has 0 saturated heterocycles. The summed E-state index contributed by atoms with van der Waals surface area (Å²) in [7, 11) is 0. The highest BCUT2D eigenvalue weighted by atomic mass is 35.5. The molecule has 76 valence electrons. The summed E-state index contributed by atoms with van der Waals surface area (Å²) >= 11 is 5.86. The summed E-state index contributed by atoms with van der Waals surface area (Å²) in [6.45, 7) is 0.800. The van der Waals surface area contributed by atoms with Gasteiger partial charge in [-0.2, -0.15) is 0 Å². The third-order valence-corrected chi connectivity index (χ3v) is 2.95. The molecule has 0 aliphatic heterocycles. The lowest BCUT2D eigenvalue weighted by Gasteiger charge is -2.31. The molecule has 14 heavy (non-hydrogen) atoms. The van der Waals surface area contributed by atoms with E-state index in [1.165, 1.54) is 12.1 Å². The molecule has 1 aromatic carbocycles. The number of nitrogens with one attached hydrogen (secondary N) is 1. The van der Waals surface area contributed by atoms with Crippen molar-refractivity contribution in [2.24, 2.45) is 0 Å². The third-order valence-electron chi connectivity index (χ3n) is 2.59. The molecule has 2 rings (SSSR count). The zero-order valence-electron chi connectivity index (χ0n) is 7.84. The predicted octanol–water partition coefficient (Wildman–Crippen LogP) is 2.69. The second-order valence-electron chi connectivity index (χ2n) is 3.77. The quantitative estimate of drug-likeness (QED) is 0.762. The van der Waals surface area contributed by atoms with Crippen LogP contribution in [0.15, 0.2) is 24.3 Å². The van der Waals surface area contributed by atoms with Gasteiger partial charge >= 0.3 is 0 Å². The molecule has 0 amide bonds. The number of hydrogen-bond acceptors (Lipinski definition) is 1. The summed E-state index contributed by atoms with van der Waals surface area (Å²) < 4.78 is 12.6. The predicted molar refractivity (Wildman–Crippen MR) is 55.9 cm³/mol. The van der Waals surface area contributed by atoms with E-state index in [1.807, 2.05) is 0 Å². The first-order chi connectivity index (χ1) is 6.74. The molecule has 0 atom stereocenters. The number of hydrogen-bond donors (Lipinski definition) is 1. The fourth-order valence-electron chi connectivity index (χ4n) is 1.58. The summed E-state index contributed by atoms with van der Waals surface area (Å²) in [5, 5.41) is 3.73. The van der Waals surface area contributed by atoms with Crippen molar-refractivity contribution in [3.8, 4) is 0 Å². The standard InChI is InChI=1S/C11H13ClFN/c12-9-5-11(6-9)14-7-8-1-3-10(13)4-2-8/h1-4,9,11,14H,5-7H2. The van der Waals surface area contributed by atoms with Crippen molar-refractivity contribution in [3.05, 3.63) is 35.6 Å². The van der Waals surface area contributed by atoms with Gasteiger partial charge in [0.2, 0.25) is 0 Å². The molecule has 1 N–H and O–H groups in total. The van der Waals surface area contributed by atoms with Gasteiger partial charge in [0, 0.05) is 18.0 Å². The zero-order chi connectivity index (χ0) is 9.97. The fraction of sp³-hybridized carbons (Fsp3) is 0.455. The Morgan fingerprint density at radius 3 is 2.50 bits per heavy atom. The van der Waals surface area contributed by atoms with Gasteiger partial charge in [-0.05, 0) is 30.5 Å².